The van der Waals surface area contributed by atoms with Crippen molar-refractivity contribution in [1.82, 2.24) is 4.90 Å². The first kappa shape index (κ1) is 22.2. The van der Waals surface area contributed by atoms with Gasteiger partial charge in [-0.25, -0.2) is 0 Å². The van der Waals surface area contributed by atoms with Crippen LogP contribution in [0.4, 0.5) is 0 Å². The first-order valence-corrected chi connectivity index (χ1v) is 10.9. The molecule has 2 aliphatic rings. The van der Waals surface area contributed by atoms with Gasteiger partial charge in [0.15, 0.2) is 0 Å². The SMILES string of the molecule is CCCCC[C@H](O)C=C[C@H]1[C@@H]2CC(CCCCC(=O)N(C)C)=C[C@@H]2C[C@H]1O. The Hall–Kier alpha value is -1.13. The van der Waals surface area contributed by atoms with Crippen molar-refractivity contribution in [3.8, 4) is 0 Å². The number of hydrogen-bond donors (Lipinski definition) is 2. The first-order chi connectivity index (χ1) is 12.9. The molecule has 0 unspecified atom stereocenters. The molecule has 0 aromatic carbocycles. The van der Waals surface area contributed by atoms with Crippen molar-refractivity contribution in [2.45, 2.75) is 83.3 Å². The Morgan fingerprint density at radius 1 is 1.30 bits per heavy atom. The van der Waals surface area contributed by atoms with Gasteiger partial charge >= 0.3 is 0 Å². The molecule has 0 heterocycles. The fourth-order valence-corrected chi connectivity index (χ4v) is 4.60. The summed E-state index contributed by atoms with van der Waals surface area (Å²) in [7, 11) is 3.62. The number of amides is 1. The van der Waals surface area contributed by atoms with Gasteiger partial charge in [-0.1, -0.05) is 50.0 Å². The summed E-state index contributed by atoms with van der Waals surface area (Å²) < 4.78 is 0. The van der Waals surface area contributed by atoms with Gasteiger partial charge in [0.2, 0.25) is 5.91 Å². The van der Waals surface area contributed by atoms with Crippen LogP contribution >= 0.6 is 0 Å². The minimum Gasteiger partial charge on any atom is -0.392 e. The Balaban J connectivity index is 1.76. The lowest BCUT2D eigenvalue weighted by Crippen LogP contribution is -2.21. The molecule has 0 aromatic rings. The number of fused-ring (bicyclic) bond motifs is 1. The molecule has 0 aliphatic heterocycles. The van der Waals surface area contributed by atoms with Crippen LogP contribution < -0.4 is 0 Å². The molecule has 154 valence electrons. The second-order valence-electron chi connectivity index (χ2n) is 8.68. The molecule has 0 radical (unpaired) electrons. The molecule has 0 aromatic heterocycles. The minimum atomic E-state index is -0.383. The minimum absolute atomic E-state index is 0.167. The topological polar surface area (TPSA) is 60.8 Å². The standard InChI is InChI=1S/C23H39NO3/c1-4-5-6-10-19(25)12-13-20-21-15-17(14-18(21)16-22(20)26)9-7-8-11-23(27)24(2)3/h12-14,18-22,25-26H,4-11,15-16H2,1-3H3/t18-,19+,20+,21-,22-/m1/s1. The van der Waals surface area contributed by atoms with Gasteiger partial charge in [0.25, 0.3) is 0 Å². The molecule has 1 saturated carbocycles. The normalized spacial score (nSPS) is 28.4. The van der Waals surface area contributed by atoms with E-state index in [-0.39, 0.29) is 24.0 Å². The van der Waals surface area contributed by atoms with E-state index in [0.29, 0.717) is 18.3 Å². The largest absolute Gasteiger partial charge is 0.392 e. The third-order valence-corrected chi connectivity index (χ3v) is 6.25. The van der Waals surface area contributed by atoms with Gasteiger partial charge in [-0.3, -0.25) is 4.79 Å². The number of carbonyl (C=O) groups is 1. The average molecular weight is 378 g/mol. The van der Waals surface area contributed by atoms with Crippen molar-refractivity contribution in [2.75, 3.05) is 14.1 Å². The zero-order valence-corrected chi connectivity index (χ0v) is 17.4. The van der Waals surface area contributed by atoms with Gasteiger partial charge in [0.1, 0.15) is 0 Å². The second kappa shape index (κ2) is 11.0. The van der Waals surface area contributed by atoms with Gasteiger partial charge in [0.05, 0.1) is 12.2 Å². The Morgan fingerprint density at radius 3 is 2.78 bits per heavy atom. The molecule has 4 nitrogen and oxygen atoms in total. The highest BCUT2D eigenvalue weighted by Gasteiger charge is 2.43. The van der Waals surface area contributed by atoms with Crippen LogP contribution in [0.3, 0.4) is 0 Å². The molecule has 5 atom stereocenters. The van der Waals surface area contributed by atoms with Gasteiger partial charge < -0.3 is 15.1 Å². The maximum atomic E-state index is 11.6. The molecular weight excluding hydrogens is 338 g/mol. The van der Waals surface area contributed by atoms with Crippen LogP contribution in [0, 0.1) is 17.8 Å². The van der Waals surface area contributed by atoms with Crippen LogP contribution in [0.25, 0.3) is 0 Å². The van der Waals surface area contributed by atoms with Crippen molar-refractivity contribution in [1.29, 1.82) is 0 Å². The highest BCUT2D eigenvalue weighted by atomic mass is 16.3. The molecule has 1 amide bonds. The van der Waals surface area contributed by atoms with Gasteiger partial charge in [-0.2, -0.15) is 0 Å². The highest BCUT2D eigenvalue weighted by molar-refractivity contribution is 5.75. The summed E-state index contributed by atoms with van der Waals surface area (Å²) in [6.07, 6.45) is 15.5. The van der Waals surface area contributed by atoms with Crippen molar-refractivity contribution < 1.29 is 15.0 Å². The summed E-state index contributed by atoms with van der Waals surface area (Å²) in [6, 6.07) is 0. The molecular formula is C23H39NO3. The van der Waals surface area contributed by atoms with Gasteiger partial charge in [0, 0.05) is 26.4 Å². The lowest BCUT2D eigenvalue weighted by atomic mass is 9.88. The van der Waals surface area contributed by atoms with Crippen LogP contribution in [-0.4, -0.2) is 47.3 Å². The average Bonchev–Trinajstić information content (AvgIpc) is 3.13. The number of allylic oxidation sites excluding steroid dienone is 2. The zero-order valence-electron chi connectivity index (χ0n) is 17.4. The van der Waals surface area contributed by atoms with E-state index in [1.54, 1.807) is 4.90 Å². The summed E-state index contributed by atoms with van der Waals surface area (Å²) in [6.45, 7) is 2.17. The van der Waals surface area contributed by atoms with E-state index in [1.807, 2.05) is 20.2 Å². The maximum absolute atomic E-state index is 11.6. The lowest BCUT2D eigenvalue weighted by Gasteiger charge is -2.19. The van der Waals surface area contributed by atoms with E-state index in [4.69, 9.17) is 0 Å². The lowest BCUT2D eigenvalue weighted by molar-refractivity contribution is -0.128. The number of carbonyl (C=O) groups excluding carboxylic acids is 1. The number of aliphatic hydroxyl groups is 2. The van der Waals surface area contributed by atoms with Crippen LogP contribution in [0.15, 0.2) is 23.8 Å². The number of rotatable bonds is 11. The first-order valence-electron chi connectivity index (χ1n) is 10.9. The number of aliphatic hydroxyl groups excluding tert-OH is 2. The van der Waals surface area contributed by atoms with E-state index >= 15 is 0 Å². The van der Waals surface area contributed by atoms with Crippen molar-refractivity contribution >= 4 is 5.91 Å². The molecule has 0 spiro atoms. The van der Waals surface area contributed by atoms with Crippen molar-refractivity contribution in [3.05, 3.63) is 23.8 Å². The van der Waals surface area contributed by atoms with Crippen LogP contribution in [-0.2, 0) is 4.79 Å². The highest BCUT2D eigenvalue weighted by Crippen LogP contribution is 2.48. The Kier molecular flexibility index (Phi) is 9.04. The fourth-order valence-electron chi connectivity index (χ4n) is 4.60. The summed E-state index contributed by atoms with van der Waals surface area (Å²) in [5, 5.41) is 20.6. The van der Waals surface area contributed by atoms with Crippen molar-refractivity contribution in [2.24, 2.45) is 17.8 Å². The Morgan fingerprint density at radius 2 is 2.07 bits per heavy atom. The second-order valence-corrected chi connectivity index (χ2v) is 8.68. The van der Waals surface area contributed by atoms with E-state index in [9.17, 15) is 15.0 Å². The Labute approximate surface area is 165 Å². The summed E-state index contributed by atoms with van der Waals surface area (Å²) >= 11 is 0. The quantitative estimate of drug-likeness (QED) is 0.421. The predicted molar refractivity (Wildman–Crippen MR) is 110 cm³/mol. The van der Waals surface area contributed by atoms with Crippen LogP contribution in [0.2, 0.25) is 0 Å². The van der Waals surface area contributed by atoms with Gasteiger partial charge in [-0.05, 0) is 50.4 Å². The molecule has 2 aliphatic carbocycles. The van der Waals surface area contributed by atoms with E-state index in [0.717, 1.165) is 51.4 Å². The number of unbranched alkanes of at least 4 members (excludes halogenated alkanes) is 3. The number of hydrogen-bond acceptors (Lipinski definition) is 3. The summed E-state index contributed by atoms with van der Waals surface area (Å²) in [4.78, 5) is 13.3. The zero-order chi connectivity index (χ0) is 19.8. The molecule has 4 heteroatoms. The number of nitrogens with zero attached hydrogens (tertiary/aromatic N) is 1. The molecule has 0 bridgehead atoms. The monoisotopic (exact) mass is 377 g/mol. The molecule has 27 heavy (non-hydrogen) atoms. The van der Waals surface area contributed by atoms with Crippen LogP contribution in [0.5, 0.6) is 0 Å². The molecule has 2 rings (SSSR count). The summed E-state index contributed by atoms with van der Waals surface area (Å²) in [5.74, 6) is 1.33. The smallest absolute Gasteiger partial charge is 0.222 e. The molecule has 2 N–H and O–H groups in total. The van der Waals surface area contributed by atoms with Crippen LogP contribution in [0.1, 0.15) is 71.1 Å². The van der Waals surface area contributed by atoms with E-state index < -0.39 is 0 Å². The summed E-state index contributed by atoms with van der Waals surface area (Å²) in [5.41, 5.74) is 1.50. The molecule has 1 fully saturated rings. The molecule has 0 saturated heterocycles. The van der Waals surface area contributed by atoms with E-state index in [2.05, 4.69) is 19.1 Å². The fraction of sp³-hybridized carbons (Fsp3) is 0.783. The van der Waals surface area contributed by atoms with E-state index in [1.165, 1.54) is 12.0 Å². The maximum Gasteiger partial charge on any atom is 0.222 e. The van der Waals surface area contributed by atoms with Gasteiger partial charge in [-0.15, -0.1) is 0 Å². The Bertz CT molecular complexity index is 526. The third kappa shape index (κ3) is 6.76. The van der Waals surface area contributed by atoms with Crippen molar-refractivity contribution in [3.63, 3.8) is 0 Å². The predicted octanol–water partition coefficient (Wildman–Crippen LogP) is 4.08. The third-order valence-electron chi connectivity index (χ3n) is 6.25.